The van der Waals surface area contributed by atoms with Crippen molar-refractivity contribution in [1.29, 1.82) is 0 Å². The second-order valence-electron chi connectivity index (χ2n) is 5.17. The van der Waals surface area contributed by atoms with Crippen molar-refractivity contribution >= 4 is 23.4 Å². The van der Waals surface area contributed by atoms with Crippen LogP contribution in [0.4, 0.5) is 5.69 Å². The largest absolute Gasteiger partial charge is 0.497 e. The summed E-state index contributed by atoms with van der Waals surface area (Å²) in [6.07, 6.45) is 2.04. The van der Waals surface area contributed by atoms with Gasteiger partial charge >= 0.3 is 0 Å². The Morgan fingerprint density at radius 3 is 3.15 bits per heavy atom. The zero-order valence-corrected chi connectivity index (χ0v) is 12.5. The molecule has 1 N–H and O–H groups in total. The molecule has 4 nitrogen and oxygen atoms in total. The highest BCUT2D eigenvalue weighted by molar-refractivity contribution is 7.99. The van der Waals surface area contributed by atoms with E-state index in [1.807, 2.05) is 28.8 Å². The monoisotopic (exact) mass is 292 g/mol. The Bertz CT molecular complexity index is 501. The molecule has 1 saturated heterocycles. The van der Waals surface area contributed by atoms with Gasteiger partial charge < -0.3 is 15.0 Å². The number of aryl methyl sites for hydroxylation is 1. The minimum Gasteiger partial charge on any atom is -0.497 e. The highest BCUT2D eigenvalue weighted by atomic mass is 32.2. The number of rotatable bonds is 2. The van der Waals surface area contributed by atoms with Crippen LogP contribution in [0.1, 0.15) is 12.0 Å². The second kappa shape index (κ2) is 6.06. The third kappa shape index (κ3) is 2.65. The van der Waals surface area contributed by atoms with Crippen LogP contribution in [0.2, 0.25) is 0 Å². The molecular weight excluding hydrogens is 272 g/mol. The van der Waals surface area contributed by atoms with Crippen molar-refractivity contribution in [2.75, 3.05) is 36.6 Å². The third-order valence-corrected chi connectivity index (χ3v) is 4.95. The second-order valence-corrected chi connectivity index (χ2v) is 6.32. The molecule has 1 fully saturated rings. The van der Waals surface area contributed by atoms with E-state index in [0.717, 1.165) is 48.9 Å². The highest BCUT2D eigenvalue weighted by Crippen LogP contribution is 2.31. The maximum absolute atomic E-state index is 12.7. The standard InChI is InChI=1S/C15H20N2O2S/c1-19-12-4-5-14-11(9-12)3-2-7-17(14)15(18)13-10-20-8-6-16-13/h4-5,9,13,16H,2-3,6-8,10H2,1H3. The molecule has 0 saturated carbocycles. The van der Waals surface area contributed by atoms with Gasteiger partial charge in [-0.3, -0.25) is 4.79 Å². The fourth-order valence-corrected chi connectivity index (χ4v) is 3.77. The smallest absolute Gasteiger partial charge is 0.244 e. The van der Waals surface area contributed by atoms with Crippen LogP contribution in [-0.4, -0.2) is 43.7 Å². The summed E-state index contributed by atoms with van der Waals surface area (Å²) in [6, 6.07) is 5.97. The van der Waals surface area contributed by atoms with Crippen LogP contribution in [0.3, 0.4) is 0 Å². The fourth-order valence-electron chi connectivity index (χ4n) is 2.84. The average molecular weight is 292 g/mol. The first kappa shape index (κ1) is 13.8. The minimum absolute atomic E-state index is 0.0400. The first-order chi connectivity index (χ1) is 9.79. The van der Waals surface area contributed by atoms with Crippen molar-refractivity contribution in [3.8, 4) is 5.75 Å². The number of nitrogens with zero attached hydrogens (tertiary/aromatic N) is 1. The molecule has 0 aromatic heterocycles. The Balaban J connectivity index is 1.83. The number of hydrogen-bond acceptors (Lipinski definition) is 4. The van der Waals surface area contributed by atoms with Gasteiger partial charge in [-0.15, -0.1) is 0 Å². The number of amides is 1. The Hall–Kier alpha value is -1.20. The molecule has 1 aromatic rings. The van der Waals surface area contributed by atoms with Gasteiger partial charge in [-0.25, -0.2) is 0 Å². The lowest BCUT2D eigenvalue weighted by atomic mass is 10.0. The SMILES string of the molecule is COc1ccc2c(c1)CCCN2C(=O)C1CSCCN1. The van der Waals surface area contributed by atoms with Gasteiger partial charge in [0.1, 0.15) is 5.75 Å². The van der Waals surface area contributed by atoms with E-state index in [0.29, 0.717) is 0 Å². The fraction of sp³-hybridized carbons (Fsp3) is 0.533. The Kier molecular flexibility index (Phi) is 4.17. The molecule has 20 heavy (non-hydrogen) atoms. The van der Waals surface area contributed by atoms with E-state index in [1.54, 1.807) is 7.11 Å². The Labute approximate surface area is 123 Å². The van der Waals surface area contributed by atoms with E-state index in [1.165, 1.54) is 5.56 Å². The van der Waals surface area contributed by atoms with E-state index in [-0.39, 0.29) is 11.9 Å². The van der Waals surface area contributed by atoms with Crippen LogP contribution in [0.5, 0.6) is 5.75 Å². The van der Waals surface area contributed by atoms with Crippen LogP contribution in [0, 0.1) is 0 Å². The molecule has 0 radical (unpaired) electrons. The summed E-state index contributed by atoms with van der Waals surface area (Å²) in [7, 11) is 1.68. The number of ether oxygens (including phenoxy) is 1. The number of hydrogen-bond donors (Lipinski definition) is 1. The van der Waals surface area contributed by atoms with Gasteiger partial charge in [-0.2, -0.15) is 11.8 Å². The third-order valence-electron chi connectivity index (χ3n) is 3.89. The van der Waals surface area contributed by atoms with Crippen molar-refractivity contribution < 1.29 is 9.53 Å². The summed E-state index contributed by atoms with van der Waals surface area (Å²) in [5, 5.41) is 3.33. The van der Waals surface area contributed by atoms with E-state index >= 15 is 0 Å². The van der Waals surface area contributed by atoms with Crippen molar-refractivity contribution in [1.82, 2.24) is 5.32 Å². The van der Waals surface area contributed by atoms with Gasteiger partial charge in [0.25, 0.3) is 0 Å². The molecule has 5 heteroatoms. The number of methoxy groups -OCH3 is 1. The predicted molar refractivity (Wildman–Crippen MR) is 82.8 cm³/mol. The summed E-state index contributed by atoms with van der Waals surface area (Å²) in [5.41, 5.74) is 2.27. The lowest BCUT2D eigenvalue weighted by Crippen LogP contribution is -2.51. The van der Waals surface area contributed by atoms with Crippen LogP contribution in [0.25, 0.3) is 0 Å². The number of thioether (sulfide) groups is 1. The normalized spacial score (nSPS) is 22.2. The summed E-state index contributed by atoms with van der Waals surface area (Å²) < 4.78 is 5.27. The highest BCUT2D eigenvalue weighted by Gasteiger charge is 2.29. The van der Waals surface area contributed by atoms with Gasteiger partial charge in [-0.05, 0) is 36.6 Å². The van der Waals surface area contributed by atoms with Crippen molar-refractivity contribution in [2.45, 2.75) is 18.9 Å². The Morgan fingerprint density at radius 1 is 1.50 bits per heavy atom. The Morgan fingerprint density at radius 2 is 2.40 bits per heavy atom. The lowest BCUT2D eigenvalue weighted by Gasteiger charge is -2.34. The molecule has 1 atom stereocenters. The van der Waals surface area contributed by atoms with E-state index < -0.39 is 0 Å². The van der Waals surface area contributed by atoms with Gasteiger partial charge in [0.05, 0.1) is 13.2 Å². The van der Waals surface area contributed by atoms with Crippen LogP contribution >= 0.6 is 11.8 Å². The molecule has 2 heterocycles. The molecular formula is C15H20N2O2S. The topological polar surface area (TPSA) is 41.6 Å². The number of carbonyl (C=O) groups is 1. The van der Waals surface area contributed by atoms with Gasteiger partial charge in [0.2, 0.25) is 5.91 Å². The molecule has 1 amide bonds. The number of nitrogens with one attached hydrogen (secondary N) is 1. The van der Waals surface area contributed by atoms with E-state index in [4.69, 9.17) is 4.74 Å². The summed E-state index contributed by atoms with van der Waals surface area (Å²) in [4.78, 5) is 14.6. The number of anilines is 1. The average Bonchev–Trinajstić information content (AvgIpc) is 2.54. The summed E-state index contributed by atoms with van der Waals surface area (Å²) in [5.74, 6) is 3.05. The minimum atomic E-state index is -0.0400. The molecule has 0 spiro atoms. The van der Waals surface area contributed by atoms with Gasteiger partial charge in [0.15, 0.2) is 0 Å². The molecule has 0 bridgehead atoms. The van der Waals surface area contributed by atoms with Crippen molar-refractivity contribution in [2.24, 2.45) is 0 Å². The number of carbonyl (C=O) groups excluding carboxylic acids is 1. The molecule has 1 aromatic carbocycles. The van der Waals surface area contributed by atoms with E-state index in [9.17, 15) is 4.79 Å². The molecule has 3 rings (SSSR count). The molecule has 0 aliphatic carbocycles. The van der Waals surface area contributed by atoms with E-state index in [2.05, 4.69) is 11.4 Å². The zero-order chi connectivity index (χ0) is 13.9. The molecule has 1 unspecified atom stereocenters. The van der Waals surface area contributed by atoms with Crippen LogP contribution in [0.15, 0.2) is 18.2 Å². The van der Waals surface area contributed by atoms with Gasteiger partial charge in [0, 0.05) is 30.3 Å². The lowest BCUT2D eigenvalue weighted by molar-refractivity contribution is -0.120. The first-order valence-corrected chi connectivity index (χ1v) is 8.24. The summed E-state index contributed by atoms with van der Waals surface area (Å²) in [6.45, 7) is 1.74. The van der Waals surface area contributed by atoms with Crippen LogP contribution < -0.4 is 15.0 Å². The predicted octanol–water partition coefficient (Wildman–Crippen LogP) is 1.68. The quantitative estimate of drug-likeness (QED) is 0.900. The molecule has 2 aliphatic rings. The van der Waals surface area contributed by atoms with Gasteiger partial charge in [-0.1, -0.05) is 0 Å². The number of benzene rings is 1. The maximum atomic E-state index is 12.7. The maximum Gasteiger partial charge on any atom is 0.244 e. The number of fused-ring (bicyclic) bond motifs is 1. The zero-order valence-electron chi connectivity index (χ0n) is 11.7. The van der Waals surface area contributed by atoms with Crippen molar-refractivity contribution in [3.05, 3.63) is 23.8 Å². The summed E-state index contributed by atoms with van der Waals surface area (Å²) >= 11 is 1.85. The van der Waals surface area contributed by atoms with Crippen LogP contribution in [-0.2, 0) is 11.2 Å². The molecule has 108 valence electrons. The first-order valence-electron chi connectivity index (χ1n) is 7.09. The van der Waals surface area contributed by atoms with Crippen molar-refractivity contribution in [3.63, 3.8) is 0 Å². The molecule has 2 aliphatic heterocycles.